The molecule has 2 aromatic heterocycles. The summed E-state index contributed by atoms with van der Waals surface area (Å²) in [6, 6.07) is 14.1. The maximum atomic E-state index is 16.5. The van der Waals surface area contributed by atoms with Crippen LogP contribution in [0.3, 0.4) is 0 Å². The number of anilines is 1. The molecule has 4 saturated heterocycles. The van der Waals surface area contributed by atoms with Gasteiger partial charge in [0.05, 0.1) is 37.0 Å². The molecule has 5 fully saturated rings. The molecule has 0 N–H and O–H groups in total. The molecule has 0 radical (unpaired) electrons. The Morgan fingerprint density at radius 2 is 1.81 bits per heavy atom. The number of ether oxygens (including phenoxy) is 5. The van der Waals surface area contributed by atoms with Crippen molar-refractivity contribution in [2.45, 2.75) is 115 Å². The van der Waals surface area contributed by atoms with E-state index in [1.807, 2.05) is 73.8 Å². The Kier molecular flexibility index (Phi) is 9.43. The number of piperazine rings is 1. The van der Waals surface area contributed by atoms with Crippen molar-refractivity contribution in [1.82, 2.24) is 24.6 Å². The van der Waals surface area contributed by atoms with Crippen LogP contribution in [0.2, 0.25) is 0 Å². The molecule has 6 heterocycles. The molecule has 4 atom stereocenters. The summed E-state index contributed by atoms with van der Waals surface area (Å²) in [5.74, 6) is 1.24. The number of carbonyl (C=O) groups excluding carboxylic acids is 1. The van der Waals surface area contributed by atoms with Gasteiger partial charge in [0, 0.05) is 54.1 Å². The second-order valence-electron chi connectivity index (χ2n) is 17.6. The zero-order valence-electron chi connectivity index (χ0n) is 33.7. The van der Waals surface area contributed by atoms with Crippen molar-refractivity contribution in [2.24, 2.45) is 0 Å². The number of nitrogens with zero attached hydrogens (tertiary/aromatic N) is 6. The largest absolute Gasteiger partial charge is 0.486 e. The Morgan fingerprint density at radius 1 is 0.966 bits per heavy atom. The van der Waals surface area contributed by atoms with Gasteiger partial charge >= 0.3 is 12.1 Å². The van der Waals surface area contributed by atoms with Crippen molar-refractivity contribution >= 4 is 33.7 Å². The van der Waals surface area contributed by atoms with Crippen molar-refractivity contribution in [3.8, 4) is 22.9 Å². The van der Waals surface area contributed by atoms with E-state index in [9.17, 15) is 4.79 Å². The van der Waals surface area contributed by atoms with E-state index in [0.29, 0.717) is 55.3 Å². The van der Waals surface area contributed by atoms with Crippen molar-refractivity contribution in [3.63, 3.8) is 0 Å². The first-order valence-corrected chi connectivity index (χ1v) is 20.9. The second kappa shape index (κ2) is 14.7. The molecule has 1 saturated carbocycles. The van der Waals surface area contributed by atoms with E-state index in [0.717, 1.165) is 83.8 Å². The maximum absolute atomic E-state index is 16.5. The normalized spacial score (nSPS) is 23.3. The standard InChI is InChI=1S/C45H51FN6O6/c1-26-35(46)20-36-34(21-47-52(36)37-12-8-9-16-55-37)38(26)39-32(28-13-14-28)19-33-40(41(39)56-24-27-10-6-5-7-11-27)48-43(57-31-15-17-54-25-31)49-42(33)50-22-30-18-29(50)23-51(30)44(53)58-45(2,3)4/h5-7,10-11,19-21,28-31,37H,8-9,12-18,22-25H2,1-4H3/t29-,30-,31-,37?/m0/s1. The number of amides is 1. The number of fused-ring (bicyclic) bond motifs is 4. The molecule has 13 heteroatoms. The lowest BCUT2D eigenvalue weighted by Crippen LogP contribution is -2.50. The van der Waals surface area contributed by atoms with Crippen molar-refractivity contribution in [2.75, 3.05) is 37.8 Å². The fourth-order valence-corrected chi connectivity index (χ4v) is 9.29. The number of hydrogen-bond acceptors (Lipinski definition) is 10. The number of carbonyl (C=O) groups is 1. The molecule has 3 aromatic carbocycles. The molecule has 10 rings (SSSR count). The Hall–Kier alpha value is -5.01. The van der Waals surface area contributed by atoms with Crippen LogP contribution >= 0.6 is 0 Å². The van der Waals surface area contributed by atoms with E-state index in [-0.39, 0.29) is 54.9 Å². The zero-order valence-corrected chi connectivity index (χ0v) is 33.7. The van der Waals surface area contributed by atoms with E-state index >= 15 is 4.39 Å². The third kappa shape index (κ3) is 6.89. The quantitative estimate of drug-likeness (QED) is 0.144. The van der Waals surface area contributed by atoms with Gasteiger partial charge in [0.2, 0.25) is 0 Å². The third-order valence-electron chi connectivity index (χ3n) is 12.3. The lowest BCUT2D eigenvalue weighted by Gasteiger charge is -2.36. The minimum atomic E-state index is -0.585. The molecule has 1 amide bonds. The first-order chi connectivity index (χ1) is 28.1. The van der Waals surface area contributed by atoms with Crippen LogP contribution in [0.15, 0.2) is 48.7 Å². The molecule has 12 nitrogen and oxygen atoms in total. The number of likely N-dealkylation sites (tertiary alicyclic amines) is 1. The van der Waals surface area contributed by atoms with Gasteiger partial charge in [-0.25, -0.2) is 13.9 Å². The smallest absolute Gasteiger partial charge is 0.410 e. The Bertz CT molecular complexity index is 2370. The van der Waals surface area contributed by atoms with Crippen LogP contribution in [0.1, 0.15) is 94.6 Å². The minimum Gasteiger partial charge on any atom is -0.486 e. The van der Waals surface area contributed by atoms with E-state index in [4.69, 9.17) is 38.8 Å². The van der Waals surface area contributed by atoms with Crippen LogP contribution in [-0.4, -0.2) is 87.4 Å². The number of benzene rings is 3. The van der Waals surface area contributed by atoms with Crippen LogP contribution in [-0.2, 0) is 20.8 Å². The highest BCUT2D eigenvalue weighted by Gasteiger charge is 2.48. The number of hydrogen-bond donors (Lipinski definition) is 0. The zero-order chi connectivity index (χ0) is 39.7. The van der Waals surface area contributed by atoms with Gasteiger partial charge < -0.3 is 33.5 Å². The van der Waals surface area contributed by atoms with E-state index in [1.54, 1.807) is 6.07 Å². The second-order valence-corrected chi connectivity index (χ2v) is 17.6. The summed E-state index contributed by atoms with van der Waals surface area (Å²) in [6.07, 6.45) is 7.50. The summed E-state index contributed by atoms with van der Waals surface area (Å²) in [5.41, 5.74) is 4.89. The topological polar surface area (TPSA) is 113 Å². The predicted octanol–water partition coefficient (Wildman–Crippen LogP) is 8.62. The molecule has 5 aliphatic rings. The van der Waals surface area contributed by atoms with E-state index in [1.165, 1.54) is 0 Å². The number of aromatic nitrogens is 4. The van der Waals surface area contributed by atoms with Gasteiger partial charge in [-0.05, 0) is 94.9 Å². The Labute approximate surface area is 337 Å². The predicted molar refractivity (Wildman–Crippen MR) is 217 cm³/mol. The molecular formula is C45H51FN6O6. The summed E-state index contributed by atoms with van der Waals surface area (Å²) in [6.45, 7) is 10.6. The van der Waals surface area contributed by atoms with Crippen molar-refractivity contribution < 1.29 is 32.9 Å². The van der Waals surface area contributed by atoms with Crippen LogP contribution < -0.4 is 14.4 Å². The Balaban J connectivity index is 1.17. The molecule has 4 aliphatic heterocycles. The Morgan fingerprint density at radius 3 is 2.52 bits per heavy atom. The average Bonchev–Trinajstić information content (AvgIpc) is 3.52. The molecule has 5 aromatic rings. The average molecular weight is 791 g/mol. The first kappa shape index (κ1) is 37.3. The summed E-state index contributed by atoms with van der Waals surface area (Å²) >= 11 is 0. The SMILES string of the molecule is Cc1c(F)cc2c(cnn2C2CCCCO2)c1-c1c(C2CC2)cc2c(N3C[C@@H]4C[C@H]3CN4C(=O)OC(C)(C)C)nc(O[C@H]3CCOC3)nc2c1OCc1ccccc1. The highest BCUT2D eigenvalue weighted by molar-refractivity contribution is 6.06. The summed E-state index contributed by atoms with van der Waals surface area (Å²) in [7, 11) is 0. The van der Waals surface area contributed by atoms with Gasteiger partial charge in [0.15, 0.2) is 12.0 Å². The fraction of sp³-hybridized carbons (Fsp3) is 0.511. The van der Waals surface area contributed by atoms with Gasteiger partial charge in [0.25, 0.3) is 0 Å². The third-order valence-corrected chi connectivity index (χ3v) is 12.3. The van der Waals surface area contributed by atoms with Crippen LogP contribution in [0.25, 0.3) is 32.9 Å². The molecule has 304 valence electrons. The van der Waals surface area contributed by atoms with Crippen LogP contribution in [0.4, 0.5) is 15.0 Å². The van der Waals surface area contributed by atoms with Gasteiger partial charge in [-0.2, -0.15) is 15.1 Å². The highest BCUT2D eigenvalue weighted by atomic mass is 19.1. The van der Waals surface area contributed by atoms with E-state index in [2.05, 4.69) is 11.0 Å². The molecule has 0 spiro atoms. The monoisotopic (exact) mass is 790 g/mol. The molecule has 58 heavy (non-hydrogen) atoms. The summed E-state index contributed by atoms with van der Waals surface area (Å²) < 4.78 is 49.5. The fourth-order valence-electron chi connectivity index (χ4n) is 9.29. The summed E-state index contributed by atoms with van der Waals surface area (Å²) in [4.78, 5) is 27.8. The molecular weight excluding hydrogens is 740 g/mol. The van der Waals surface area contributed by atoms with Crippen molar-refractivity contribution in [3.05, 3.63) is 71.2 Å². The number of rotatable bonds is 9. The number of halogens is 1. The van der Waals surface area contributed by atoms with Gasteiger partial charge in [-0.15, -0.1) is 0 Å². The van der Waals surface area contributed by atoms with Crippen LogP contribution in [0, 0.1) is 12.7 Å². The minimum absolute atomic E-state index is 0.0222. The lowest BCUT2D eigenvalue weighted by atomic mass is 9.88. The summed E-state index contributed by atoms with van der Waals surface area (Å²) in [5, 5.41) is 6.53. The van der Waals surface area contributed by atoms with Gasteiger partial charge in [-0.1, -0.05) is 30.3 Å². The highest BCUT2D eigenvalue weighted by Crippen LogP contribution is 2.54. The van der Waals surface area contributed by atoms with Crippen molar-refractivity contribution in [1.29, 1.82) is 0 Å². The van der Waals surface area contributed by atoms with E-state index < -0.39 is 5.60 Å². The lowest BCUT2D eigenvalue weighted by molar-refractivity contribution is -0.0366. The van der Waals surface area contributed by atoms with Gasteiger partial charge in [0.1, 0.15) is 35.5 Å². The molecule has 1 aliphatic carbocycles. The van der Waals surface area contributed by atoms with Gasteiger partial charge in [-0.3, -0.25) is 0 Å². The van der Waals surface area contributed by atoms with Crippen LogP contribution in [0.5, 0.6) is 11.8 Å². The first-order valence-electron chi connectivity index (χ1n) is 20.9. The molecule has 1 unspecified atom stereocenters. The maximum Gasteiger partial charge on any atom is 0.410 e. The molecule has 2 bridgehead atoms.